The molecule has 0 bridgehead atoms. The highest BCUT2D eigenvalue weighted by Crippen LogP contribution is 2.56. The maximum Gasteiger partial charge on any atom is 0.340 e. The van der Waals surface area contributed by atoms with Crippen LogP contribution in [0, 0.1) is 0 Å². The molecule has 1 aliphatic heterocycles. The molecule has 1 aliphatic carbocycles. The van der Waals surface area contributed by atoms with Gasteiger partial charge in [0.15, 0.2) is 11.6 Å². The molecule has 0 amide bonds. The average molecular weight is 543 g/mol. The van der Waals surface area contributed by atoms with Gasteiger partial charge in [-0.15, -0.1) is 0 Å². The fourth-order valence-electron chi connectivity index (χ4n) is 4.20. The lowest BCUT2D eigenvalue weighted by Crippen LogP contribution is -2.58. The van der Waals surface area contributed by atoms with Crippen molar-refractivity contribution in [1.29, 1.82) is 0 Å². The molecule has 34 heavy (non-hydrogen) atoms. The molecule has 2 aromatic heterocycles. The van der Waals surface area contributed by atoms with Gasteiger partial charge in [-0.1, -0.05) is 24.4 Å². The zero-order chi connectivity index (χ0) is 24.9. The van der Waals surface area contributed by atoms with Crippen molar-refractivity contribution >= 4 is 43.6 Å². The summed E-state index contributed by atoms with van der Waals surface area (Å²) >= 11 is 6.17. The molecular weight excluding hydrogens is 518 g/mol. The number of hydrogen-bond acceptors (Lipinski definition) is 10. The van der Waals surface area contributed by atoms with Gasteiger partial charge >= 0.3 is 15.2 Å². The second kappa shape index (κ2) is 9.06. The summed E-state index contributed by atoms with van der Waals surface area (Å²) < 4.78 is 33.7. The van der Waals surface area contributed by atoms with Gasteiger partial charge in [-0.3, -0.25) is 13.7 Å². The van der Waals surface area contributed by atoms with E-state index in [0.29, 0.717) is 11.2 Å². The van der Waals surface area contributed by atoms with Crippen LogP contribution in [0.15, 0.2) is 12.4 Å². The number of ether oxygens (including phenoxy) is 1. The van der Waals surface area contributed by atoms with E-state index in [1.54, 1.807) is 6.07 Å². The van der Waals surface area contributed by atoms with Crippen LogP contribution in [0.1, 0.15) is 25.7 Å². The Morgan fingerprint density at radius 1 is 1.24 bits per heavy atom. The van der Waals surface area contributed by atoms with E-state index in [4.69, 9.17) is 26.1 Å². The van der Waals surface area contributed by atoms with Crippen LogP contribution >= 0.6 is 26.8 Å². The molecule has 4 rings (SSSR count). The molecule has 1 saturated carbocycles. The first-order valence-electron chi connectivity index (χ1n) is 10.3. The maximum atomic E-state index is 11.9. The third kappa shape index (κ3) is 5.04. The van der Waals surface area contributed by atoms with Crippen LogP contribution in [0.5, 0.6) is 0 Å². The second-order valence-electron chi connectivity index (χ2n) is 8.49. The zero-order valence-electron chi connectivity index (χ0n) is 17.7. The number of halogens is 1. The number of rotatable bonds is 8. The van der Waals surface area contributed by atoms with E-state index in [1.165, 1.54) is 0 Å². The Balaban J connectivity index is 1.60. The maximum absolute atomic E-state index is 11.9. The van der Waals surface area contributed by atoms with E-state index < -0.39 is 51.9 Å². The number of pyridine rings is 1. The Morgan fingerprint density at radius 2 is 1.91 bits per heavy atom. The van der Waals surface area contributed by atoms with Crippen molar-refractivity contribution in [1.82, 2.24) is 14.5 Å². The Bertz CT molecular complexity index is 1170. The number of fused-ring (bicyclic) bond motifs is 1. The Morgan fingerprint density at radius 3 is 2.56 bits per heavy atom. The molecule has 0 radical (unpaired) electrons. The average Bonchev–Trinajstić information content (AvgIpc) is 3.39. The van der Waals surface area contributed by atoms with Gasteiger partial charge in [0.05, 0.1) is 18.6 Å². The second-order valence-corrected chi connectivity index (χ2v) is 12.9. The summed E-state index contributed by atoms with van der Waals surface area (Å²) in [7, 11) is -9.68. The standard InChI is InChI=1S/C17H25ClN4O10P2/c18-13-5-11(20-10-3-1-2-4-10)14-15(21-13)22(8-19-14)16(23)7-31-12(17(16,24)25)6-32-34(29,30)9-33(26,27)28/h5,8,10,12,23-25H,1-4,6-7,9H2,(H,20,21)(H,29,30)(H2,26,27,28)/t12-,16-/m1/s1. The number of aromatic nitrogens is 3. The van der Waals surface area contributed by atoms with E-state index in [-0.39, 0.29) is 16.8 Å². The fourth-order valence-corrected chi connectivity index (χ4v) is 6.94. The van der Waals surface area contributed by atoms with Crippen LogP contribution in [0.2, 0.25) is 5.15 Å². The zero-order valence-corrected chi connectivity index (χ0v) is 20.2. The summed E-state index contributed by atoms with van der Waals surface area (Å²) in [4.78, 5) is 35.8. The van der Waals surface area contributed by atoms with E-state index in [1.807, 2.05) is 0 Å². The highest BCUT2D eigenvalue weighted by Gasteiger charge is 2.62. The summed E-state index contributed by atoms with van der Waals surface area (Å²) in [6, 6.07) is 1.79. The molecule has 3 heterocycles. The number of imidazole rings is 1. The van der Waals surface area contributed by atoms with E-state index in [9.17, 15) is 29.3 Å². The van der Waals surface area contributed by atoms with Crippen LogP contribution in [0.4, 0.5) is 5.69 Å². The van der Waals surface area contributed by atoms with Crippen LogP contribution in [0.3, 0.4) is 0 Å². The molecule has 190 valence electrons. The molecule has 1 unspecified atom stereocenters. The van der Waals surface area contributed by atoms with Crippen LogP contribution in [-0.4, -0.2) is 81.6 Å². The van der Waals surface area contributed by atoms with Gasteiger partial charge in [-0.05, 0) is 12.8 Å². The summed E-state index contributed by atoms with van der Waals surface area (Å²) in [5.74, 6) is -4.54. The summed E-state index contributed by atoms with van der Waals surface area (Å²) in [6.45, 7) is -1.66. The topological polar surface area (TPSA) is 217 Å². The van der Waals surface area contributed by atoms with Crippen molar-refractivity contribution < 1.29 is 48.4 Å². The first-order chi connectivity index (χ1) is 15.7. The first-order valence-corrected chi connectivity index (χ1v) is 14.3. The monoisotopic (exact) mass is 542 g/mol. The Kier molecular flexibility index (Phi) is 6.91. The molecule has 7 N–H and O–H groups in total. The largest absolute Gasteiger partial charge is 0.380 e. The molecule has 2 aliphatic rings. The Hall–Kier alpha value is -1.15. The van der Waals surface area contributed by atoms with Crippen molar-refractivity contribution in [3.8, 4) is 0 Å². The predicted octanol–water partition coefficient (Wildman–Crippen LogP) is 0.501. The quantitative estimate of drug-likeness (QED) is 0.137. The predicted molar refractivity (Wildman–Crippen MR) is 118 cm³/mol. The highest BCUT2D eigenvalue weighted by molar-refractivity contribution is 7.70. The molecule has 1 saturated heterocycles. The number of nitrogens with one attached hydrogen (secondary N) is 1. The Labute approximate surface area is 198 Å². The van der Waals surface area contributed by atoms with Crippen molar-refractivity contribution in [3.63, 3.8) is 0 Å². The lowest BCUT2D eigenvalue weighted by Gasteiger charge is -2.35. The van der Waals surface area contributed by atoms with E-state index in [2.05, 4.69) is 19.8 Å². The van der Waals surface area contributed by atoms with Crippen molar-refractivity contribution in [3.05, 3.63) is 17.5 Å². The van der Waals surface area contributed by atoms with E-state index in [0.717, 1.165) is 36.6 Å². The molecule has 3 atom stereocenters. The van der Waals surface area contributed by atoms with Gasteiger partial charge in [0, 0.05) is 12.1 Å². The number of hydrogen-bond donors (Lipinski definition) is 7. The van der Waals surface area contributed by atoms with Crippen LogP contribution in [0.25, 0.3) is 11.2 Å². The molecule has 17 heteroatoms. The third-order valence-corrected chi connectivity index (χ3v) is 9.55. The minimum atomic E-state index is -4.89. The van der Waals surface area contributed by atoms with Gasteiger partial charge < -0.3 is 44.6 Å². The number of nitrogens with zero attached hydrogens (tertiary/aromatic N) is 3. The minimum Gasteiger partial charge on any atom is -0.380 e. The summed E-state index contributed by atoms with van der Waals surface area (Å²) in [5, 5.41) is 36.1. The van der Waals surface area contributed by atoms with Crippen molar-refractivity contribution in [2.45, 2.75) is 49.3 Å². The third-order valence-electron chi connectivity index (χ3n) is 5.90. The first kappa shape index (κ1) is 25.9. The minimum absolute atomic E-state index is 0.0301. The molecule has 0 spiro atoms. The van der Waals surface area contributed by atoms with Crippen LogP contribution < -0.4 is 5.32 Å². The van der Waals surface area contributed by atoms with Crippen molar-refractivity contribution in [2.24, 2.45) is 0 Å². The lowest BCUT2D eigenvalue weighted by molar-refractivity contribution is -0.298. The number of aliphatic hydroxyl groups is 3. The number of anilines is 1. The summed E-state index contributed by atoms with van der Waals surface area (Å²) in [6.07, 6.45) is 3.47. The molecular formula is C17H25ClN4O10P2. The normalized spacial score (nSPS) is 27.3. The molecule has 0 aromatic carbocycles. The van der Waals surface area contributed by atoms with Gasteiger partial charge in [-0.25, -0.2) is 9.97 Å². The van der Waals surface area contributed by atoms with Gasteiger partial charge in [-0.2, -0.15) is 0 Å². The fraction of sp³-hybridized carbons (Fsp3) is 0.647. The highest BCUT2D eigenvalue weighted by atomic mass is 35.5. The SMILES string of the molecule is O=P(O)(O)CP(=O)(O)OC[C@H]1OC[C@](O)(n2cnc3c(NC4CCCC4)cc(Cl)nc32)C1(O)O. The molecule has 14 nitrogen and oxygen atoms in total. The smallest absolute Gasteiger partial charge is 0.340 e. The van der Waals surface area contributed by atoms with Gasteiger partial charge in [0.25, 0.3) is 0 Å². The van der Waals surface area contributed by atoms with E-state index >= 15 is 0 Å². The molecule has 2 aromatic rings. The lowest BCUT2D eigenvalue weighted by atomic mass is 10.0. The van der Waals surface area contributed by atoms with Crippen molar-refractivity contribution in [2.75, 3.05) is 24.4 Å². The van der Waals surface area contributed by atoms with Gasteiger partial charge in [0.1, 0.15) is 23.4 Å². The summed E-state index contributed by atoms with van der Waals surface area (Å²) in [5.41, 5.74) is -1.65. The molecule has 2 fully saturated rings. The van der Waals surface area contributed by atoms with Gasteiger partial charge in [0.2, 0.25) is 11.5 Å². The van der Waals surface area contributed by atoms with Crippen LogP contribution in [-0.2, 0) is 24.1 Å².